The Labute approximate surface area is 164 Å². The van der Waals surface area contributed by atoms with Crippen molar-refractivity contribution in [2.45, 2.75) is 45.1 Å². The van der Waals surface area contributed by atoms with Gasteiger partial charge >= 0.3 is 11.8 Å². The fourth-order valence-electron chi connectivity index (χ4n) is 3.28. The van der Waals surface area contributed by atoms with Crippen LogP contribution in [0.25, 0.3) is 5.69 Å². The molecule has 3 rings (SSSR count). The lowest BCUT2D eigenvalue weighted by Gasteiger charge is -2.21. The highest BCUT2D eigenvalue weighted by atomic mass is 32.2. The Morgan fingerprint density at radius 3 is 2.56 bits per heavy atom. The van der Waals surface area contributed by atoms with Crippen molar-refractivity contribution in [3.05, 3.63) is 41.1 Å². The predicted molar refractivity (Wildman–Crippen MR) is 109 cm³/mol. The Bertz CT molecular complexity index is 841. The van der Waals surface area contributed by atoms with E-state index in [1.54, 1.807) is 21.3 Å². The maximum atomic E-state index is 12.7. The average molecular weight is 387 g/mol. The molecular weight excluding hydrogens is 360 g/mol. The highest BCUT2D eigenvalue weighted by Gasteiger charge is 2.28. The summed E-state index contributed by atoms with van der Waals surface area (Å²) >= 11 is 1.77. The molecule has 1 N–H and O–H groups in total. The molecule has 1 aromatic heterocycles. The largest absolute Gasteiger partial charge is 0.334 e. The van der Waals surface area contributed by atoms with Crippen molar-refractivity contribution in [1.29, 1.82) is 0 Å². The third-order valence-electron chi connectivity index (χ3n) is 4.60. The van der Waals surface area contributed by atoms with Crippen molar-refractivity contribution in [2.24, 2.45) is 0 Å². The van der Waals surface area contributed by atoms with Crippen molar-refractivity contribution in [2.75, 3.05) is 18.4 Å². The number of anilines is 1. The second-order valence-electron chi connectivity index (χ2n) is 6.71. The molecule has 144 valence electrons. The molecule has 0 spiro atoms. The van der Waals surface area contributed by atoms with E-state index in [0.717, 1.165) is 46.9 Å². The van der Waals surface area contributed by atoms with Gasteiger partial charge < -0.3 is 10.2 Å². The number of nitrogens with zero attached hydrogens (tertiary/aromatic N) is 3. The topological polar surface area (TPSA) is 67.2 Å². The summed E-state index contributed by atoms with van der Waals surface area (Å²) in [6, 6.07) is 7.91. The lowest BCUT2D eigenvalue weighted by molar-refractivity contribution is -0.143. The smallest absolute Gasteiger partial charge is 0.315 e. The summed E-state index contributed by atoms with van der Waals surface area (Å²) in [5.41, 5.74) is 3.97. The second-order valence-corrected chi connectivity index (χ2v) is 7.70. The Hall–Kier alpha value is -2.28. The van der Waals surface area contributed by atoms with Gasteiger partial charge in [-0.2, -0.15) is 16.9 Å². The molecule has 1 aliphatic heterocycles. The van der Waals surface area contributed by atoms with E-state index < -0.39 is 11.8 Å². The molecule has 2 amide bonds. The average Bonchev–Trinajstić information content (AvgIpc) is 3.24. The highest BCUT2D eigenvalue weighted by molar-refractivity contribution is 7.98. The van der Waals surface area contributed by atoms with Crippen molar-refractivity contribution >= 4 is 29.4 Å². The van der Waals surface area contributed by atoms with E-state index in [1.165, 1.54) is 0 Å². The number of hydrogen-bond donors (Lipinski definition) is 1. The number of benzene rings is 1. The van der Waals surface area contributed by atoms with Gasteiger partial charge in [0.2, 0.25) is 0 Å². The summed E-state index contributed by atoms with van der Waals surface area (Å²) in [6.45, 7) is 7.20. The lowest BCUT2D eigenvalue weighted by Crippen LogP contribution is -2.41. The summed E-state index contributed by atoms with van der Waals surface area (Å²) in [5.74, 6) is 1.17. The third-order valence-corrected chi connectivity index (χ3v) is 5.57. The monoisotopic (exact) mass is 386 g/mol. The van der Waals surface area contributed by atoms with Gasteiger partial charge in [-0.05, 0) is 31.4 Å². The van der Waals surface area contributed by atoms with E-state index >= 15 is 0 Å². The van der Waals surface area contributed by atoms with Crippen molar-refractivity contribution in [3.63, 3.8) is 0 Å². The van der Waals surface area contributed by atoms with Crippen molar-refractivity contribution in [3.8, 4) is 5.69 Å². The summed E-state index contributed by atoms with van der Waals surface area (Å²) in [5, 5.41) is 7.58. The number of carbonyl (C=O) groups excluding carboxylic acids is 2. The molecule has 0 aliphatic carbocycles. The first-order valence-electron chi connectivity index (χ1n) is 9.41. The van der Waals surface area contributed by atoms with Crippen LogP contribution >= 0.6 is 11.8 Å². The summed E-state index contributed by atoms with van der Waals surface area (Å²) in [7, 11) is 0. The summed E-state index contributed by atoms with van der Waals surface area (Å²) in [4.78, 5) is 27.0. The Morgan fingerprint density at radius 2 is 1.89 bits per heavy atom. The third kappa shape index (κ3) is 4.03. The van der Waals surface area contributed by atoms with Crippen LogP contribution in [0.3, 0.4) is 0 Å². The number of nitrogens with one attached hydrogen (secondary N) is 1. The number of carbonyl (C=O) groups is 2. The lowest BCUT2D eigenvalue weighted by atomic mass is 10.2. The number of hydrogen-bond acceptors (Lipinski definition) is 4. The first kappa shape index (κ1) is 19.5. The summed E-state index contributed by atoms with van der Waals surface area (Å²) in [6.07, 6.45) is 1.65. The number of amides is 2. The molecule has 0 saturated heterocycles. The zero-order valence-corrected chi connectivity index (χ0v) is 16.9. The van der Waals surface area contributed by atoms with E-state index in [2.05, 4.69) is 5.32 Å². The van der Waals surface area contributed by atoms with Gasteiger partial charge in [0, 0.05) is 30.2 Å². The van der Waals surface area contributed by atoms with Gasteiger partial charge in [-0.1, -0.05) is 32.0 Å². The standard InChI is InChI=1S/C20H26N4O2S/c1-4-10-23(11-5-2)20(26)19(25)21-18-15-12-27-13-16(15)22-24(18)17-9-7-6-8-14(17)3/h6-9H,4-5,10-13H2,1-3H3,(H,21,25). The number of thioether (sulfide) groups is 1. The van der Waals surface area contributed by atoms with E-state index in [1.807, 2.05) is 45.0 Å². The van der Waals surface area contributed by atoms with E-state index in [9.17, 15) is 9.59 Å². The number of aryl methyl sites for hydroxylation is 1. The van der Waals surface area contributed by atoms with E-state index in [0.29, 0.717) is 18.9 Å². The van der Waals surface area contributed by atoms with E-state index in [4.69, 9.17) is 5.10 Å². The Balaban J connectivity index is 1.91. The first-order chi connectivity index (χ1) is 13.1. The molecule has 0 atom stereocenters. The molecule has 7 heteroatoms. The zero-order valence-electron chi connectivity index (χ0n) is 16.1. The van der Waals surface area contributed by atoms with Gasteiger partial charge in [-0.3, -0.25) is 9.59 Å². The Kier molecular flexibility index (Phi) is 6.21. The zero-order chi connectivity index (χ0) is 19.4. The molecule has 1 aromatic carbocycles. The van der Waals surface area contributed by atoms with Crippen molar-refractivity contribution < 1.29 is 9.59 Å². The summed E-state index contributed by atoms with van der Waals surface area (Å²) < 4.78 is 1.77. The number of para-hydroxylation sites is 1. The van der Waals surface area contributed by atoms with Crippen LogP contribution < -0.4 is 5.32 Å². The highest BCUT2D eigenvalue weighted by Crippen LogP contribution is 2.36. The van der Waals surface area contributed by atoms with Crippen LogP contribution in [0, 0.1) is 6.92 Å². The Morgan fingerprint density at radius 1 is 1.19 bits per heavy atom. The van der Waals surface area contributed by atoms with Crippen molar-refractivity contribution in [1.82, 2.24) is 14.7 Å². The number of rotatable bonds is 6. The fraction of sp³-hybridized carbons (Fsp3) is 0.450. The van der Waals surface area contributed by atoms with Gasteiger partial charge in [0.25, 0.3) is 0 Å². The predicted octanol–water partition coefficient (Wildman–Crippen LogP) is 3.51. The molecule has 0 fully saturated rings. The molecule has 2 aromatic rings. The van der Waals surface area contributed by atoms with Crippen LogP contribution in [-0.2, 0) is 21.1 Å². The van der Waals surface area contributed by atoms with Crippen LogP contribution in [-0.4, -0.2) is 39.6 Å². The normalized spacial score (nSPS) is 12.7. The molecule has 0 saturated carbocycles. The molecule has 0 unspecified atom stereocenters. The maximum absolute atomic E-state index is 12.7. The fourth-order valence-corrected chi connectivity index (χ4v) is 4.31. The van der Waals surface area contributed by atoms with Gasteiger partial charge in [0.1, 0.15) is 5.82 Å². The number of aromatic nitrogens is 2. The van der Waals surface area contributed by atoms with Crippen LogP contribution in [0.2, 0.25) is 0 Å². The van der Waals surface area contributed by atoms with Crippen LogP contribution in [0.1, 0.15) is 43.5 Å². The quantitative estimate of drug-likeness (QED) is 0.772. The van der Waals surface area contributed by atoms with Gasteiger partial charge in [0.15, 0.2) is 0 Å². The second kappa shape index (κ2) is 8.61. The van der Waals surface area contributed by atoms with E-state index in [-0.39, 0.29) is 0 Å². The molecular formula is C20H26N4O2S. The molecule has 1 aliphatic rings. The number of fused-ring (bicyclic) bond motifs is 1. The SMILES string of the molecule is CCCN(CCC)C(=O)C(=O)Nc1c2c(nn1-c1ccccc1C)CSC2. The van der Waals surface area contributed by atoms with Gasteiger partial charge in [-0.15, -0.1) is 0 Å². The molecule has 0 bridgehead atoms. The van der Waals surface area contributed by atoms with Crippen LogP contribution in [0.5, 0.6) is 0 Å². The molecule has 6 nitrogen and oxygen atoms in total. The minimum absolute atomic E-state index is 0.476. The first-order valence-corrected chi connectivity index (χ1v) is 10.6. The molecule has 0 radical (unpaired) electrons. The minimum atomic E-state index is -0.591. The molecule has 2 heterocycles. The van der Waals surface area contributed by atoms with Gasteiger partial charge in [-0.25, -0.2) is 4.68 Å². The maximum Gasteiger partial charge on any atom is 0.315 e. The molecule has 27 heavy (non-hydrogen) atoms. The minimum Gasteiger partial charge on any atom is -0.334 e. The van der Waals surface area contributed by atoms with Gasteiger partial charge in [0.05, 0.1) is 11.4 Å². The van der Waals surface area contributed by atoms with Crippen LogP contribution in [0.15, 0.2) is 24.3 Å². The van der Waals surface area contributed by atoms with Crippen LogP contribution in [0.4, 0.5) is 5.82 Å².